The molecular formula is C21H27N3O2. The monoisotopic (exact) mass is 353 g/mol. The van der Waals surface area contributed by atoms with E-state index in [1.165, 1.54) is 5.56 Å². The van der Waals surface area contributed by atoms with Gasteiger partial charge in [-0.05, 0) is 24.1 Å². The lowest BCUT2D eigenvalue weighted by atomic mass is 10.1. The highest BCUT2D eigenvalue weighted by Crippen LogP contribution is 2.14. The number of amides is 1. The highest BCUT2D eigenvalue weighted by molar-refractivity contribution is 5.92. The van der Waals surface area contributed by atoms with Crippen LogP contribution in [0.4, 0.5) is 0 Å². The molecule has 2 aromatic rings. The average molecular weight is 353 g/mol. The molecule has 1 aliphatic heterocycles. The topological polar surface area (TPSA) is 45.7 Å². The summed E-state index contributed by atoms with van der Waals surface area (Å²) in [5, 5.41) is 0. The maximum Gasteiger partial charge on any atom is 0.272 e. The number of aromatic nitrogens is 1. The molecule has 5 nitrogen and oxygen atoms in total. The molecule has 0 saturated carbocycles. The molecule has 1 aliphatic rings. The summed E-state index contributed by atoms with van der Waals surface area (Å²) in [4.78, 5) is 21.4. The molecule has 1 aromatic heterocycles. The summed E-state index contributed by atoms with van der Waals surface area (Å²) >= 11 is 0. The lowest BCUT2D eigenvalue weighted by Crippen LogP contribution is -2.37. The number of nitrogens with zero attached hydrogens (tertiary/aromatic N) is 3. The second-order valence-corrected chi connectivity index (χ2v) is 6.82. The van der Waals surface area contributed by atoms with Gasteiger partial charge in [-0.2, -0.15) is 0 Å². The molecule has 0 spiro atoms. The zero-order valence-corrected chi connectivity index (χ0v) is 15.4. The van der Waals surface area contributed by atoms with Crippen LogP contribution in [0.5, 0.6) is 0 Å². The average Bonchev–Trinajstić information content (AvgIpc) is 2.90. The Kier molecular flexibility index (Phi) is 6.75. The summed E-state index contributed by atoms with van der Waals surface area (Å²) < 4.78 is 5.40. The number of rotatable bonds is 6. The summed E-state index contributed by atoms with van der Waals surface area (Å²) in [6.07, 6.45) is 2.69. The van der Waals surface area contributed by atoms with Crippen molar-refractivity contribution in [3.8, 4) is 0 Å². The molecule has 1 amide bonds. The summed E-state index contributed by atoms with van der Waals surface area (Å²) in [6, 6.07) is 16.0. The molecule has 1 atom stereocenters. The molecule has 0 aliphatic carbocycles. The van der Waals surface area contributed by atoms with Crippen LogP contribution in [-0.4, -0.2) is 67.1 Å². The summed E-state index contributed by atoms with van der Waals surface area (Å²) in [7, 11) is 1.73. The van der Waals surface area contributed by atoms with E-state index in [9.17, 15) is 4.79 Å². The number of hydrogen-bond acceptors (Lipinski definition) is 4. The molecule has 0 bridgehead atoms. The SMILES string of the molecule is COC[C@@H]1CN(CCc2ccccc2)CCN(C(=O)c2ccccn2)C1. The predicted octanol–water partition coefficient (Wildman–Crippen LogP) is 2.34. The van der Waals surface area contributed by atoms with Crippen molar-refractivity contribution in [2.75, 3.05) is 46.4 Å². The first kappa shape index (κ1) is 18.5. The van der Waals surface area contributed by atoms with Crippen molar-refractivity contribution >= 4 is 5.91 Å². The number of benzene rings is 1. The summed E-state index contributed by atoms with van der Waals surface area (Å²) in [5.41, 5.74) is 1.86. The predicted molar refractivity (Wildman–Crippen MR) is 102 cm³/mol. The zero-order valence-electron chi connectivity index (χ0n) is 15.4. The van der Waals surface area contributed by atoms with Crippen molar-refractivity contribution in [3.05, 3.63) is 66.0 Å². The van der Waals surface area contributed by atoms with E-state index in [2.05, 4.69) is 34.1 Å². The number of methoxy groups -OCH3 is 1. The van der Waals surface area contributed by atoms with Crippen molar-refractivity contribution in [1.29, 1.82) is 0 Å². The van der Waals surface area contributed by atoms with Crippen LogP contribution in [0.15, 0.2) is 54.7 Å². The van der Waals surface area contributed by atoms with Gasteiger partial charge in [-0.3, -0.25) is 9.78 Å². The Bertz CT molecular complexity index is 678. The van der Waals surface area contributed by atoms with Gasteiger partial charge in [0.25, 0.3) is 5.91 Å². The zero-order chi connectivity index (χ0) is 18.2. The minimum Gasteiger partial charge on any atom is -0.384 e. The number of hydrogen-bond donors (Lipinski definition) is 0. The number of pyridine rings is 1. The second kappa shape index (κ2) is 9.46. The van der Waals surface area contributed by atoms with Gasteiger partial charge in [-0.15, -0.1) is 0 Å². The molecule has 1 aromatic carbocycles. The molecule has 3 rings (SSSR count). The van der Waals surface area contributed by atoms with Gasteiger partial charge in [0, 0.05) is 51.9 Å². The fourth-order valence-electron chi connectivity index (χ4n) is 3.49. The Morgan fingerprint density at radius 3 is 2.65 bits per heavy atom. The van der Waals surface area contributed by atoms with Crippen LogP contribution >= 0.6 is 0 Å². The van der Waals surface area contributed by atoms with Gasteiger partial charge >= 0.3 is 0 Å². The van der Waals surface area contributed by atoms with E-state index >= 15 is 0 Å². The van der Waals surface area contributed by atoms with E-state index < -0.39 is 0 Å². The Hall–Kier alpha value is -2.24. The van der Waals surface area contributed by atoms with E-state index in [4.69, 9.17) is 4.74 Å². The second-order valence-electron chi connectivity index (χ2n) is 6.82. The molecule has 1 saturated heterocycles. The van der Waals surface area contributed by atoms with Gasteiger partial charge in [0.05, 0.1) is 6.61 Å². The van der Waals surface area contributed by atoms with Crippen molar-refractivity contribution < 1.29 is 9.53 Å². The van der Waals surface area contributed by atoms with Crippen LogP contribution in [-0.2, 0) is 11.2 Å². The van der Waals surface area contributed by atoms with Gasteiger partial charge in [-0.1, -0.05) is 36.4 Å². The summed E-state index contributed by atoms with van der Waals surface area (Å²) in [6.45, 7) is 4.93. The highest BCUT2D eigenvalue weighted by atomic mass is 16.5. The van der Waals surface area contributed by atoms with Crippen LogP contribution in [0.25, 0.3) is 0 Å². The molecule has 0 N–H and O–H groups in total. The Balaban J connectivity index is 1.63. The standard InChI is InChI=1S/C21H27N3O2/c1-26-17-19-15-23(12-10-18-7-3-2-4-8-18)13-14-24(16-19)21(25)20-9-5-6-11-22-20/h2-9,11,19H,10,12-17H2,1H3/t19-/m1/s1. The lowest BCUT2D eigenvalue weighted by Gasteiger charge is -2.24. The van der Waals surface area contributed by atoms with Crippen LogP contribution < -0.4 is 0 Å². The van der Waals surface area contributed by atoms with Gasteiger partial charge in [0.2, 0.25) is 0 Å². The first-order chi connectivity index (χ1) is 12.8. The molecule has 2 heterocycles. The maximum atomic E-state index is 12.8. The van der Waals surface area contributed by atoms with Crippen molar-refractivity contribution in [2.24, 2.45) is 5.92 Å². The number of carbonyl (C=O) groups is 1. The number of ether oxygens (including phenoxy) is 1. The van der Waals surface area contributed by atoms with Crippen LogP contribution in [0.3, 0.4) is 0 Å². The maximum absolute atomic E-state index is 12.8. The third-order valence-corrected chi connectivity index (χ3v) is 4.81. The van der Waals surface area contributed by atoms with E-state index in [1.807, 2.05) is 23.1 Å². The number of carbonyl (C=O) groups excluding carboxylic acids is 1. The minimum atomic E-state index is 0.0108. The minimum absolute atomic E-state index is 0.0108. The largest absolute Gasteiger partial charge is 0.384 e. The first-order valence-corrected chi connectivity index (χ1v) is 9.22. The van der Waals surface area contributed by atoms with E-state index in [0.717, 1.165) is 32.6 Å². The van der Waals surface area contributed by atoms with Crippen LogP contribution in [0, 0.1) is 5.92 Å². The molecule has 0 radical (unpaired) electrons. The lowest BCUT2D eigenvalue weighted by molar-refractivity contribution is 0.0701. The fraction of sp³-hybridized carbons (Fsp3) is 0.429. The smallest absolute Gasteiger partial charge is 0.272 e. The van der Waals surface area contributed by atoms with Gasteiger partial charge < -0.3 is 14.5 Å². The highest BCUT2D eigenvalue weighted by Gasteiger charge is 2.26. The summed E-state index contributed by atoms with van der Waals surface area (Å²) in [5.74, 6) is 0.322. The third kappa shape index (κ3) is 5.13. The molecule has 1 fully saturated rings. The van der Waals surface area contributed by atoms with Crippen molar-refractivity contribution in [3.63, 3.8) is 0 Å². The van der Waals surface area contributed by atoms with Crippen LogP contribution in [0.2, 0.25) is 0 Å². The molecule has 138 valence electrons. The Morgan fingerprint density at radius 1 is 1.12 bits per heavy atom. The van der Waals surface area contributed by atoms with E-state index in [0.29, 0.717) is 24.8 Å². The van der Waals surface area contributed by atoms with Gasteiger partial charge in [-0.25, -0.2) is 0 Å². The quantitative estimate of drug-likeness (QED) is 0.800. The molecule has 5 heteroatoms. The molecule has 0 unspecified atom stereocenters. The fourth-order valence-corrected chi connectivity index (χ4v) is 3.49. The Labute approximate surface area is 155 Å². The van der Waals surface area contributed by atoms with Crippen LogP contribution in [0.1, 0.15) is 16.1 Å². The van der Waals surface area contributed by atoms with E-state index in [-0.39, 0.29) is 5.91 Å². The van der Waals surface area contributed by atoms with Crippen molar-refractivity contribution in [1.82, 2.24) is 14.8 Å². The van der Waals surface area contributed by atoms with Gasteiger partial charge in [0.1, 0.15) is 5.69 Å². The Morgan fingerprint density at radius 2 is 1.92 bits per heavy atom. The first-order valence-electron chi connectivity index (χ1n) is 9.22. The third-order valence-electron chi connectivity index (χ3n) is 4.81. The normalized spacial score (nSPS) is 18.5. The van der Waals surface area contributed by atoms with Crippen molar-refractivity contribution in [2.45, 2.75) is 6.42 Å². The molecule has 26 heavy (non-hydrogen) atoms. The van der Waals surface area contributed by atoms with E-state index in [1.54, 1.807) is 19.4 Å². The van der Waals surface area contributed by atoms with Gasteiger partial charge in [0.15, 0.2) is 0 Å². The molecular weight excluding hydrogens is 326 g/mol.